The summed E-state index contributed by atoms with van der Waals surface area (Å²) in [5.74, 6) is 0.396. The lowest BCUT2D eigenvalue weighted by molar-refractivity contribution is 0.0342. The Morgan fingerprint density at radius 2 is 1.73 bits per heavy atom. The second kappa shape index (κ2) is 10.3. The standard InChI is InChI=1S/C29H31ClN4O3/c30-23-5-7-24(8-6-23)31-29(36)33-16-20-15-22(19-33)27-10-9-26(28(35)34(27)17-20)25-4-2-1-3-21(25)18-32-11-13-37-14-12-32/h1-10,20,22H,11-19H2,(H,31,36)/t20-,22+/m0/s1. The minimum Gasteiger partial charge on any atom is -0.379 e. The molecule has 2 saturated heterocycles. The number of carbonyl (C=O) groups is 1. The number of ether oxygens (including phenoxy) is 1. The number of nitrogens with one attached hydrogen (secondary N) is 1. The van der Waals surface area contributed by atoms with Crippen LogP contribution in [-0.4, -0.2) is 59.8 Å². The van der Waals surface area contributed by atoms with Crippen LogP contribution >= 0.6 is 11.6 Å². The summed E-state index contributed by atoms with van der Waals surface area (Å²) in [6.07, 6.45) is 0.997. The molecule has 1 N–H and O–H groups in total. The molecule has 2 aromatic carbocycles. The van der Waals surface area contributed by atoms with Crippen LogP contribution in [0.15, 0.2) is 65.5 Å². The number of morpholine rings is 1. The number of urea groups is 1. The normalized spacial score (nSPS) is 21.4. The monoisotopic (exact) mass is 518 g/mol. The van der Waals surface area contributed by atoms with Gasteiger partial charge in [-0.1, -0.05) is 35.9 Å². The number of piperidine rings is 1. The molecule has 0 saturated carbocycles. The van der Waals surface area contributed by atoms with E-state index in [-0.39, 0.29) is 23.4 Å². The maximum atomic E-state index is 13.8. The zero-order valence-corrected chi connectivity index (χ0v) is 21.5. The summed E-state index contributed by atoms with van der Waals surface area (Å²) in [7, 11) is 0. The smallest absolute Gasteiger partial charge is 0.321 e. The van der Waals surface area contributed by atoms with Gasteiger partial charge in [-0.15, -0.1) is 0 Å². The van der Waals surface area contributed by atoms with Crippen molar-refractivity contribution in [2.24, 2.45) is 5.92 Å². The molecule has 2 amide bonds. The number of benzene rings is 2. The van der Waals surface area contributed by atoms with Crippen LogP contribution in [-0.2, 0) is 17.8 Å². The molecular weight excluding hydrogens is 488 g/mol. The van der Waals surface area contributed by atoms with Gasteiger partial charge in [0.15, 0.2) is 0 Å². The van der Waals surface area contributed by atoms with E-state index in [1.54, 1.807) is 24.3 Å². The highest BCUT2D eigenvalue weighted by atomic mass is 35.5. The number of hydrogen-bond acceptors (Lipinski definition) is 4. The van der Waals surface area contributed by atoms with Gasteiger partial charge in [-0.3, -0.25) is 9.69 Å². The number of pyridine rings is 1. The first kappa shape index (κ1) is 24.2. The van der Waals surface area contributed by atoms with Crippen LogP contribution in [0.1, 0.15) is 23.6 Å². The van der Waals surface area contributed by atoms with Gasteiger partial charge in [0.25, 0.3) is 5.56 Å². The lowest BCUT2D eigenvalue weighted by atomic mass is 9.83. The number of carbonyl (C=O) groups excluding carboxylic acids is 1. The first-order valence-electron chi connectivity index (χ1n) is 13.0. The Kier molecular flexibility index (Phi) is 6.76. The number of aromatic nitrogens is 1. The van der Waals surface area contributed by atoms with Gasteiger partial charge in [0.05, 0.1) is 13.2 Å². The van der Waals surface area contributed by atoms with E-state index in [4.69, 9.17) is 16.3 Å². The molecule has 2 bridgehead atoms. The van der Waals surface area contributed by atoms with Crippen LogP contribution in [0.25, 0.3) is 11.1 Å². The number of nitrogens with zero attached hydrogens (tertiary/aromatic N) is 3. The molecule has 37 heavy (non-hydrogen) atoms. The fraction of sp³-hybridized carbons (Fsp3) is 0.379. The molecule has 3 aliphatic rings. The van der Waals surface area contributed by atoms with Crippen molar-refractivity contribution in [1.29, 1.82) is 0 Å². The highest BCUT2D eigenvalue weighted by molar-refractivity contribution is 6.30. The summed E-state index contributed by atoms with van der Waals surface area (Å²) >= 11 is 5.97. The highest BCUT2D eigenvalue weighted by Gasteiger charge is 2.37. The first-order chi connectivity index (χ1) is 18.0. The largest absolute Gasteiger partial charge is 0.379 e. The number of amides is 2. The Hall–Kier alpha value is -3.13. The molecule has 0 aliphatic carbocycles. The number of fused-ring (bicyclic) bond motifs is 4. The molecule has 2 fully saturated rings. The van der Waals surface area contributed by atoms with Crippen LogP contribution in [0, 0.1) is 5.92 Å². The zero-order valence-electron chi connectivity index (χ0n) is 20.7. The highest BCUT2D eigenvalue weighted by Crippen LogP contribution is 2.36. The fourth-order valence-electron chi connectivity index (χ4n) is 5.97. The molecule has 3 aliphatic heterocycles. The number of anilines is 1. The number of rotatable bonds is 4. The van der Waals surface area contributed by atoms with Gasteiger partial charge in [0, 0.05) is 67.2 Å². The van der Waals surface area contributed by atoms with Gasteiger partial charge in [-0.25, -0.2) is 4.79 Å². The zero-order chi connectivity index (χ0) is 25.4. The molecule has 3 aromatic rings. The van der Waals surface area contributed by atoms with Gasteiger partial charge in [0.1, 0.15) is 0 Å². The van der Waals surface area contributed by atoms with E-state index in [0.29, 0.717) is 24.7 Å². The Morgan fingerprint density at radius 3 is 2.54 bits per heavy atom. The van der Waals surface area contributed by atoms with Crippen LogP contribution in [0.3, 0.4) is 0 Å². The Labute approximate surface area is 221 Å². The van der Waals surface area contributed by atoms with Crippen molar-refractivity contribution in [3.63, 3.8) is 0 Å². The number of hydrogen-bond donors (Lipinski definition) is 1. The van der Waals surface area contributed by atoms with Crippen molar-refractivity contribution in [3.05, 3.63) is 87.3 Å². The molecule has 0 radical (unpaired) electrons. The lowest BCUT2D eigenvalue weighted by Crippen LogP contribution is -2.50. The van der Waals surface area contributed by atoms with Crippen LogP contribution in [0.5, 0.6) is 0 Å². The van der Waals surface area contributed by atoms with E-state index < -0.39 is 0 Å². The van der Waals surface area contributed by atoms with Crippen molar-refractivity contribution >= 4 is 23.3 Å². The maximum Gasteiger partial charge on any atom is 0.321 e. The molecule has 4 heterocycles. The molecule has 192 valence electrons. The fourth-order valence-corrected chi connectivity index (χ4v) is 6.10. The summed E-state index contributed by atoms with van der Waals surface area (Å²) in [5, 5.41) is 3.62. The first-order valence-corrected chi connectivity index (χ1v) is 13.4. The second-order valence-electron chi connectivity index (χ2n) is 10.3. The van der Waals surface area contributed by atoms with E-state index >= 15 is 0 Å². The molecule has 8 heteroatoms. The molecule has 6 rings (SSSR count). The van der Waals surface area contributed by atoms with Crippen molar-refractivity contribution in [2.75, 3.05) is 44.7 Å². The van der Waals surface area contributed by atoms with Crippen molar-refractivity contribution in [3.8, 4) is 11.1 Å². The topological polar surface area (TPSA) is 66.8 Å². The Balaban J connectivity index is 1.23. The lowest BCUT2D eigenvalue weighted by Gasteiger charge is -2.42. The van der Waals surface area contributed by atoms with E-state index in [1.807, 2.05) is 27.7 Å². The van der Waals surface area contributed by atoms with Crippen molar-refractivity contribution in [2.45, 2.75) is 25.4 Å². The van der Waals surface area contributed by atoms with E-state index in [1.165, 1.54) is 5.56 Å². The van der Waals surface area contributed by atoms with Gasteiger partial charge in [-0.2, -0.15) is 0 Å². The van der Waals surface area contributed by atoms with Crippen LogP contribution < -0.4 is 10.9 Å². The van der Waals surface area contributed by atoms with Crippen LogP contribution in [0.4, 0.5) is 10.5 Å². The molecule has 1 aromatic heterocycles. The van der Waals surface area contributed by atoms with Crippen LogP contribution in [0.2, 0.25) is 5.02 Å². The third kappa shape index (κ3) is 5.04. The molecule has 0 spiro atoms. The minimum atomic E-state index is -0.110. The van der Waals surface area contributed by atoms with E-state index in [0.717, 1.165) is 61.8 Å². The van der Waals surface area contributed by atoms with E-state index in [9.17, 15) is 9.59 Å². The summed E-state index contributed by atoms with van der Waals surface area (Å²) in [4.78, 5) is 31.1. The summed E-state index contributed by atoms with van der Waals surface area (Å²) < 4.78 is 7.46. The number of halogens is 1. The Morgan fingerprint density at radius 1 is 0.946 bits per heavy atom. The van der Waals surface area contributed by atoms with Gasteiger partial charge >= 0.3 is 6.03 Å². The van der Waals surface area contributed by atoms with E-state index in [2.05, 4.69) is 28.4 Å². The van der Waals surface area contributed by atoms with Crippen molar-refractivity contribution in [1.82, 2.24) is 14.4 Å². The average Bonchev–Trinajstić information content (AvgIpc) is 2.91. The predicted molar refractivity (Wildman–Crippen MR) is 145 cm³/mol. The average molecular weight is 519 g/mol. The summed E-state index contributed by atoms with van der Waals surface area (Å²) in [6, 6.07) is 19.4. The van der Waals surface area contributed by atoms with Gasteiger partial charge in [0.2, 0.25) is 0 Å². The molecule has 2 atom stereocenters. The summed E-state index contributed by atoms with van der Waals surface area (Å²) in [5.41, 5.74) is 4.75. The molecule has 7 nitrogen and oxygen atoms in total. The third-order valence-electron chi connectivity index (χ3n) is 7.79. The van der Waals surface area contributed by atoms with Gasteiger partial charge in [-0.05, 0) is 59.9 Å². The second-order valence-corrected chi connectivity index (χ2v) is 10.7. The third-order valence-corrected chi connectivity index (χ3v) is 8.04. The SMILES string of the molecule is O=C(Nc1ccc(Cl)cc1)N1C[C@@H]2C[C@H](C1)c1ccc(-c3ccccc3CN3CCOCC3)c(=O)n1C2. The predicted octanol–water partition coefficient (Wildman–Crippen LogP) is 4.65. The minimum absolute atomic E-state index is 0.0701. The molecular formula is C29H31ClN4O3. The molecule has 0 unspecified atom stereocenters. The van der Waals surface area contributed by atoms with Gasteiger partial charge < -0.3 is 19.5 Å². The van der Waals surface area contributed by atoms with Crippen molar-refractivity contribution < 1.29 is 9.53 Å². The Bertz CT molecular complexity index is 1350. The quantitative estimate of drug-likeness (QED) is 0.546. The summed E-state index contributed by atoms with van der Waals surface area (Å²) in [6.45, 7) is 5.99. The number of likely N-dealkylation sites (tertiary alicyclic amines) is 1. The maximum absolute atomic E-state index is 13.8.